The number of amides is 1. The van der Waals surface area contributed by atoms with Crippen molar-refractivity contribution >= 4 is 18.3 Å². The molecular weight excluding hydrogens is 328 g/mol. The molecule has 0 aliphatic carbocycles. The van der Waals surface area contributed by atoms with Crippen LogP contribution >= 0.6 is 12.4 Å². The fourth-order valence-corrected chi connectivity index (χ4v) is 2.17. The van der Waals surface area contributed by atoms with Crippen LogP contribution < -0.4 is 11.1 Å². The second-order valence-electron chi connectivity index (χ2n) is 5.85. The lowest BCUT2D eigenvalue weighted by molar-refractivity contribution is -0.124. The molecule has 1 aromatic heterocycles. The third-order valence-electron chi connectivity index (χ3n) is 3.99. The summed E-state index contributed by atoms with van der Waals surface area (Å²) in [6.45, 7) is 5.79. The number of nitrogens with zero attached hydrogens (tertiary/aromatic N) is 2. The lowest BCUT2D eigenvalue weighted by Crippen LogP contribution is -2.45. The molecule has 6 nitrogen and oxygen atoms in total. The molecule has 0 bridgehead atoms. The molecule has 1 heterocycles. The van der Waals surface area contributed by atoms with Gasteiger partial charge in [-0.2, -0.15) is 4.98 Å². The Balaban J connectivity index is 0.00000288. The van der Waals surface area contributed by atoms with Crippen LogP contribution in [0.5, 0.6) is 0 Å². The molecule has 0 saturated carbocycles. The molecule has 24 heavy (non-hydrogen) atoms. The van der Waals surface area contributed by atoms with Crippen LogP contribution in [0, 0.1) is 5.92 Å². The summed E-state index contributed by atoms with van der Waals surface area (Å²) in [6, 6.07) is 9.02. The van der Waals surface area contributed by atoms with Crippen molar-refractivity contribution in [1.29, 1.82) is 0 Å². The predicted molar refractivity (Wildman–Crippen MR) is 94.8 cm³/mol. The van der Waals surface area contributed by atoms with E-state index in [0.29, 0.717) is 18.1 Å². The van der Waals surface area contributed by atoms with E-state index in [9.17, 15) is 4.79 Å². The molecule has 0 aliphatic rings. The van der Waals surface area contributed by atoms with Crippen LogP contribution in [0.15, 0.2) is 34.9 Å². The summed E-state index contributed by atoms with van der Waals surface area (Å²) in [5, 5.41) is 6.79. The van der Waals surface area contributed by atoms with Crippen LogP contribution in [-0.2, 0) is 11.2 Å². The van der Waals surface area contributed by atoms with E-state index in [1.54, 1.807) is 0 Å². The van der Waals surface area contributed by atoms with Gasteiger partial charge in [-0.15, -0.1) is 12.4 Å². The summed E-state index contributed by atoms with van der Waals surface area (Å²) in [5.41, 5.74) is 7.02. The van der Waals surface area contributed by atoms with Gasteiger partial charge in [-0.05, 0) is 18.4 Å². The third kappa shape index (κ3) is 5.32. The highest BCUT2D eigenvalue weighted by Crippen LogP contribution is 2.13. The quantitative estimate of drug-likeness (QED) is 0.798. The SMILES string of the molecule is CCC(C)C(N)C(=O)NC(C)c1noc(Cc2ccccc2)n1.Cl. The zero-order valence-electron chi connectivity index (χ0n) is 14.2. The van der Waals surface area contributed by atoms with Gasteiger partial charge in [-0.1, -0.05) is 55.8 Å². The van der Waals surface area contributed by atoms with Crippen LogP contribution in [-0.4, -0.2) is 22.1 Å². The number of carbonyl (C=O) groups is 1. The number of nitrogens with two attached hydrogens (primary N) is 1. The minimum absolute atomic E-state index is 0. The molecule has 132 valence electrons. The van der Waals surface area contributed by atoms with Crippen molar-refractivity contribution in [2.24, 2.45) is 11.7 Å². The van der Waals surface area contributed by atoms with Gasteiger partial charge in [-0.25, -0.2) is 0 Å². The van der Waals surface area contributed by atoms with Crippen molar-refractivity contribution in [2.45, 2.75) is 45.7 Å². The Hall–Kier alpha value is -1.92. The van der Waals surface area contributed by atoms with Gasteiger partial charge in [0.25, 0.3) is 0 Å². The number of nitrogens with one attached hydrogen (secondary N) is 1. The molecule has 1 aromatic carbocycles. The number of halogens is 1. The molecule has 7 heteroatoms. The van der Waals surface area contributed by atoms with Gasteiger partial charge in [0.15, 0.2) is 5.82 Å². The Kier molecular flexibility index (Phi) is 7.88. The molecule has 0 aliphatic heterocycles. The minimum atomic E-state index is -0.529. The summed E-state index contributed by atoms with van der Waals surface area (Å²) in [5.74, 6) is 0.918. The Morgan fingerprint density at radius 1 is 1.29 bits per heavy atom. The second-order valence-corrected chi connectivity index (χ2v) is 5.85. The van der Waals surface area contributed by atoms with Crippen LogP contribution in [0.3, 0.4) is 0 Å². The molecular formula is C17H25ClN4O2. The van der Waals surface area contributed by atoms with Gasteiger partial charge in [-0.3, -0.25) is 4.79 Å². The average Bonchev–Trinajstić information content (AvgIpc) is 3.02. The molecule has 3 N–H and O–H groups in total. The van der Waals surface area contributed by atoms with E-state index in [2.05, 4.69) is 15.5 Å². The largest absolute Gasteiger partial charge is 0.345 e. The molecule has 0 spiro atoms. The maximum Gasteiger partial charge on any atom is 0.237 e. The number of aromatic nitrogens is 2. The number of hydrogen-bond acceptors (Lipinski definition) is 5. The highest BCUT2D eigenvalue weighted by molar-refractivity contribution is 5.85. The van der Waals surface area contributed by atoms with Crippen LogP contribution in [0.1, 0.15) is 50.5 Å². The lowest BCUT2D eigenvalue weighted by atomic mass is 9.99. The van der Waals surface area contributed by atoms with E-state index in [-0.39, 0.29) is 30.3 Å². The predicted octanol–water partition coefficient (Wildman–Crippen LogP) is 2.63. The Labute approximate surface area is 148 Å². The highest BCUT2D eigenvalue weighted by atomic mass is 35.5. The molecule has 1 amide bonds. The van der Waals surface area contributed by atoms with Gasteiger partial charge >= 0.3 is 0 Å². The van der Waals surface area contributed by atoms with Crippen LogP contribution in [0.2, 0.25) is 0 Å². The van der Waals surface area contributed by atoms with Crippen molar-refractivity contribution in [3.8, 4) is 0 Å². The summed E-state index contributed by atoms with van der Waals surface area (Å²) in [7, 11) is 0. The second kappa shape index (κ2) is 9.39. The van der Waals surface area contributed by atoms with E-state index in [1.165, 1.54) is 0 Å². The number of carbonyl (C=O) groups excluding carboxylic acids is 1. The number of rotatable bonds is 7. The van der Waals surface area contributed by atoms with Crippen molar-refractivity contribution in [3.63, 3.8) is 0 Å². The first kappa shape index (κ1) is 20.1. The normalized spacial score (nSPS) is 14.3. The number of benzene rings is 1. The number of hydrogen-bond donors (Lipinski definition) is 2. The Morgan fingerprint density at radius 2 is 1.96 bits per heavy atom. The summed E-state index contributed by atoms with van der Waals surface area (Å²) in [6.07, 6.45) is 1.42. The first-order valence-corrected chi connectivity index (χ1v) is 7.93. The van der Waals surface area contributed by atoms with E-state index in [1.807, 2.05) is 51.1 Å². The zero-order valence-corrected chi connectivity index (χ0v) is 15.0. The topological polar surface area (TPSA) is 94.0 Å². The minimum Gasteiger partial charge on any atom is -0.345 e. The monoisotopic (exact) mass is 352 g/mol. The van der Waals surface area contributed by atoms with Crippen molar-refractivity contribution in [1.82, 2.24) is 15.5 Å². The molecule has 3 unspecified atom stereocenters. The highest BCUT2D eigenvalue weighted by Gasteiger charge is 2.23. The van der Waals surface area contributed by atoms with Gasteiger partial charge in [0, 0.05) is 0 Å². The van der Waals surface area contributed by atoms with E-state index in [0.717, 1.165) is 12.0 Å². The van der Waals surface area contributed by atoms with E-state index >= 15 is 0 Å². The zero-order chi connectivity index (χ0) is 16.8. The van der Waals surface area contributed by atoms with Crippen molar-refractivity contribution in [3.05, 3.63) is 47.6 Å². The Bertz CT molecular complexity index is 633. The molecule has 0 saturated heterocycles. The fourth-order valence-electron chi connectivity index (χ4n) is 2.17. The third-order valence-corrected chi connectivity index (χ3v) is 3.99. The van der Waals surface area contributed by atoms with Crippen molar-refractivity contribution < 1.29 is 9.32 Å². The molecule has 0 fully saturated rings. The molecule has 0 radical (unpaired) electrons. The van der Waals surface area contributed by atoms with Gasteiger partial charge < -0.3 is 15.6 Å². The fraction of sp³-hybridized carbons (Fsp3) is 0.471. The maximum absolute atomic E-state index is 12.1. The average molecular weight is 353 g/mol. The van der Waals surface area contributed by atoms with Crippen molar-refractivity contribution in [2.75, 3.05) is 0 Å². The van der Waals surface area contributed by atoms with Crippen LogP contribution in [0.25, 0.3) is 0 Å². The maximum atomic E-state index is 12.1. The molecule has 3 atom stereocenters. The standard InChI is InChI=1S/C17H24N4O2.ClH/c1-4-11(2)15(18)17(22)19-12(3)16-20-14(23-21-16)10-13-8-6-5-7-9-13;/h5-9,11-12,15H,4,10,18H2,1-3H3,(H,19,22);1H. The van der Waals surface area contributed by atoms with E-state index < -0.39 is 6.04 Å². The van der Waals surface area contributed by atoms with E-state index in [4.69, 9.17) is 10.3 Å². The van der Waals surface area contributed by atoms with Crippen LogP contribution in [0.4, 0.5) is 0 Å². The summed E-state index contributed by atoms with van der Waals surface area (Å²) >= 11 is 0. The van der Waals surface area contributed by atoms with Gasteiger partial charge in [0.1, 0.15) is 0 Å². The smallest absolute Gasteiger partial charge is 0.237 e. The summed E-state index contributed by atoms with van der Waals surface area (Å²) < 4.78 is 5.26. The molecule has 2 aromatic rings. The van der Waals surface area contributed by atoms with Gasteiger partial charge in [0.2, 0.25) is 11.8 Å². The first-order chi connectivity index (χ1) is 11.0. The van der Waals surface area contributed by atoms with Gasteiger partial charge in [0.05, 0.1) is 18.5 Å². The summed E-state index contributed by atoms with van der Waals surface area (Å²) in [4.78, 5) is 16.5. The Morgan fingerprint density at radius 3 is 2.58 bits per heavy atom. The lowest BCUT2D eigenvalue weighted by Gasteiger charge is -2.19. The first-order valence-electron chi connectivity index (χ1n) is 7.93. The molecule has 2 rings (SSSR count).